The molecule has 3 heterocycles. The van der Waals surface area contributed by atoms with Crippen molar-refractivity contribution in [3.8, 4) is 0 Å². The van der Waals surface area contributed by atoms with E-state index in [-0.39, 0.29) is 5.91 Å². The van der Waals surface area contributed by atoms with Gasteiger partial charge in [0.15, 0.2) is 0 Å². The third-order valence-corrected chi connectivity index (χ3v) is 4.78. The summed E-state index contributed by atoms with van der Waals surface area (Å²) in [6.07, 6.45) is 6.92. The number of pyridine rings is 1. The van der Waals surface area contributed by atoms with E-state index >= 15 is 0 Å². The Morgan fingerprint density at radius 2 is 1.64 bits per heavy atom. The molecule has 1 amide bonds. The molecule has 28 heavy (non-hydrogen) atoms. The van der Waals surface area contributed by atoms with Crippen molar-refractivity contribution in [3.63, 3.8) is 0 Å². The van der Waals surface area contributed by atoms with Crippen molar-refractivity contribution >= 4 is 23.2 Å². The molecule has 1 fully saturated rings. The number of piperazine rings is 1. The predicted molar refractivity (Wildman–Crippen MR) is 110 cm³/mol. The van der Waals surface area contributed by atoms with Crippen LogP contribution in [0.3, 0.4) is 0 Å². The normalized spacial score (nSPS) is 14.0. The molecule has 7 heteroatoms. The van der Waals surface area contributed by atoms with Crippen LogP contribution in [0.5, 0.6) is 0 Å². The van der Waals surface area contributed by atoms with Crippen molar-refractivity contribution in [2.24, 2.45) is 0 Å². The van der Waals surface area contributed by atoms with Gasteiger partial charge in [0.05, 0.1) is 17.4 Å². The van der Waals surface area contributed by atoms with Gasteiger partial charge in [0, 0.05) is 50.5 Å². The molecule has 4 rings (SSSR count). The maximum atomic E-state index is 12.6. The zero-order valence-electron chi connectivity index (χ0n) is 15.7. The number of benzene rings is 1. The van der Waals surface area contributed by atoms with Crippen molar-refractivity contribution in [1.82, 2.24) is 15.0 Å². The van der Waals surface area contributed by atoms with E-state index in [0.29, 0.717) is 5.56 Å². The highest BCUT2D eigenvalue weighted by atomic mass is 16.1. The first-order valence-electron chi connectivity index (χ1n) is 9.29. The van der Waals surface area contributed by atoms with Gasteiger partial charge in [-0.2, -0.15) is 0 Å². The van der Waals surface area contributed by atoms with Crippen molar-refractivity contribution < 1.29 is 4.79 Å². The van der Waals surface area contributed by atoms with Gasteiger partial charge in [0.2, 0.25) is 5.95 Å². The molecule has 7 nitrogen and oxygen atoms in total. The second kappa shape index (κ2) is 8.04. The number of hydrogen-bond donors (Lipinski definition) is 1. The SMILES string of the molecule is Cc1ccc(NC(=O)c2cncc(N3CCN(c4ncccn4)CC3)c2)cc1. The summed E-state index contributed by atoms with van der Waals surface area (Å²) in [6, 6.07) is 11.5. The molecule has 1 N–H and O–H groups in total. The van der Waals surface area contributed by atoms with Gasteiger partial charge in [-0.25, -0.2) is 9.97 Å². The van der Waals surface area contributed by atoms with Gasteiger partial charge in [-0.3, -0.25) is 9.78 Å². The summed E-state index contributed by atoms with van der Waals surface area (Å²) in [5, 5.41) is 2.92. The quantitative estimate of drug-likeness (QED) is 0.757. The molecule has 142 valence electrons. The second-order valence-electron chi connectivity index (χ2n) is 6.77. The Morgan fingerprint density at radius 1 is 0.964 bits per heavy atom. The number of carbonyl (C=O) groups is 1. The number of carbonyl (C=O) groups excluding carboxylic acids is 1. The van der Waals surface area contributed by atoms with E-state index in [1.807, 2.05) is 43.3 Å². The molecule has 0 radical (unpaired) electrons. The fourth-order valence-electron chi connectivity index (χ4n) is 3.18. The fraction of sp³-hybridized carbons (Fsp3) is 0.238. The predicted octanol–water partition coefficient (Wildman–Crippen LogP) is 2.76. The minimum atomic E-state index is -0.158. The molecule has 0 saturated carbocycles. The number of aromatic nitrogens is 3. The molecule has 0 unspecified atom stereocenters. The smallest absolute Gasteiger partial charge is 0.257 e. The Morgan fingerprint density at radius 3 is 2.36 bits per heavy atom. The molecule has 1 aliphatic rings. The Bertz CT molecular complexity index is 937. The lowest BCUT2D eigenvalue weighted by molar-refractivity contribution is 0.102. The molecule has 1 aromatic carbocycles. The highest BCUT2D eigenvalue weighted by molar-refractivity contribution is 6.04. The topological polar surface area (TPSA) is 74.2 Å². The van der Waals surface area contributed by atoms with Gasteiger partial charge in [-0.05, 0) is 31.2 Å². The molecule has 0 spiro atoms. The van der Waals surface area contributed by atoms with Crippen molar-refractivity contribution in [2.45, 2.75) is 6.92 Å². The molecule has 0 atom stereocenters. The van der Waals surface area contributed by atoms with Crippen LogP contribution in [0.15, 0.2) is 61.2 Å². The van der Waals surface area contributed by atoms with Gasteiger partial charge in [0.25, 0.3) is 5.91 Å². The number of nitrogens with zero attached hydrogens (tertiary/aromatic N) is 5. The van der Waals surface area contributed by atoms with E-state index in [1.54, 1.807) is 24.8 Å². The van der Waals surface area contributed by atoms with E-state index in [0.717, 1.165) is 49.1 Å². The van der Waals surface area contributed by atoms with Crippen LogP contribution in [0, 0.1) is 6.92 Å². The van der Waals surface area contributed by atoms with Gasteiger partial charge in [0.1, 0.15) is 0 Å². The summed E-state index contributed by atoms with van der Waals surface area (Å²) in [5.74, 6) is 0.598. The van der Waals surface area contributed by atoms with Gasteiger partial charge < -0.3 is 15.1 Å². The van der Waals surface area contributed by atoms with Crippen molar-refractivity contribution in [1.29, 1.82) is 0 Å². The average Bonchev–Trinajstić information content (AvgIpc) is 2.76. The summed E-state index contributed by atoms with van der Waals surface area (Å²) in [5.41, 5.74) is 3.43. The van der Waals surface area contributed by atoms with Crippen LogP contribution < -0.4 is 15.1 Å². The lowest BCUT2D eigenvalue weighted by Crippen LogP contribution is -2.47. The van der Waals surface area contributed by atoms with Crippen LogP contribution >= 0.6 is 0 Å². The third kappa shape index (κ3) is 4.09. The summed E-state index contributed by atoms with van der Waals surface area (Å²) in [7, 11) is 0. The fourth-order valence-corrected chi connectivity index (χ4v) is 3.18. The van der Waals surface area contributed by atoms with E-state index in [9.17, 15) is 4.79 Å². The monoisotopic (exact) mass is 374 g/mol. The maximum absolute atomic E-state index is 12.6. The lowest BCUT2D eigenvalue weighted by Gasteiger charge is -2.35. The van der Waals surface area contributed by atoms with Crippen LogP contribution in [0.1, 0.15) is 15.9 Å². The zero-order valence-corrected chi connectivity index (χ0v) is 15.7. The lowest BCUT2D eigenvalue weighted by atomic mass is 10.2. The highest BCUT2D eigenvalue weighted by Crippen LogP contribution is 2.19. The Hall–Kier alpha value is -3.48. The van der Waals surface area contributed by atoms with Crippen LogP contribution in [-0.2, 0) is 0 Å². The molecule has 2 aromatic heterocycles. The molecular formula is C21H22N6O. The maximum Gasteiger partial charge on any atom is 0.257 e. The van der Waals surface area contributed by atoms with Gasteiger partial charge >= 0.3 is 0 Å². The number of aryl methyl sites for hydroxylation is 1. The summed E-state index contributed by atoms with van der Waals surface area (Å²) in [6.45, 7) is 5.31. The summed E-state index contributed by atoms with van der Waals surface area (Å²) in [4.78, 5) is 29.9. The molecule has 0 aliphatic carbocycles. The number of rotatable bonds is 4. The van der Waals surface area contributed by atoms with E-state index in [1.165, 1.54) is 0 Å². The number of hydrogen-bond acceptors (Lipinski definition) is 6. The third-order valence-electron chi connectivity index (χ3n) is 4.78. The van der Waals surface area contributed by atoms with Crippen molar-refractivity contribution in [2.75, 3.05) is 41.3 Å². The molecule has 1 saturated heterocycles. The zero-order chi connectivity index (χ0) is 19.3. The number of nitrogens with one attached hydrogen (secondary N) is 1. The Labute approximate surface area is 164 Å². The number of amides is 1. The van der Waals surface area contributed by atoms with Crippen LogP contribution in [0.25, 0.3) is 0 Å². The molecule has 0 bridgehead atoms. The first kappa shape index (κ1) is 17.9. The number of anilines is 3. The van der Waals surface area contributed by atoms with E-state index < -0.39 is 0 Å². The van der Waals surface area contributed by atoms with Gasteiger partial charge in [-0.15, -0.1) is 0 Å². The average molecular weight is 374 g/mol. The Kier molecular flexibility index (Phi) is 5.14. The molecule has 1 aliphatic heterocycles. The highest BCUT2D eigenvalue weighted by Gasteiger charge is 2.20. The minimum absolute atomic E-state index is 0.158. The van der Waals surface area contributed by atoms with E-state index in [2.05, 4.69) is 30.1 Å². The molecular weight excluding hydrogens is 352 g/mol. The van der Waals surface area contributed by atoms with Crippen LogP contribution in [0.4, 0.5) is 17.3 Å². The first-order valence-corrected chi connectivity index (χ1v) is 9.29. The molecule has 3 aromatic rings. The standard InChI is InChI=1S/C21H22N6O/c1-16-3-5-18(6-4-16)25-20(28)17-13-19(15-22-14-17)26-9-11-27(12-10-26)21-23-7-2-8-24-21/h2-8,13-15H,9-12H2,1H3,(H,25,28). The van der Waals surface area contributed by atoms with Gasteiger partial charge in [-0.1, -0.05) is 17.7 Å². The summed E-state index contributed by atoms with van der Waals surface area (Å²) < 4.78 is 0. The van der Waals surface area contributed by atoms with Crippen LogP contribution in [-0.4, -0.2) is 47.0 Å². The van der Waals surface area contributed by atoms with Crippen molar-refractivity contribution in [3.05, 3.63) is 72.3 Å². The largest absolute Gasteiger partial charge is 0.367 e. The Balaban J connectivity index is 1.41. The van der Waals surface area contributed by atoms with Crippen LogP contribution in [0.2, 0.25) is 0 Å². The minimum Gasteiger partial charge on any atom is -0.367 e. The second-order valence-corrected chi connectivity index (χ2v) is 6.77. The summed E-state index contributed by atoms with van der Waals surface area (Å²) >= 11 is 0. The first-order chi connectivity index (χ1) is 13.7. The van der Waals surface area contributed by atoms with E-state index in [4.69, 9.17) is 0 Å².